The number of methoxy groups -OCH3 is 2. The maximum atomic E-state index is 12.5. The third kappa shape index (κ3) is 4.05. The maximum absolute atomic E-state index is 12.5. The van der Waals surface area contributed by atoms with Crippen molar-refractivity contribution in [1.29, 1.82) is 0 Å². The van der Waals surface area contributed by atoms with Crippen LogP contribution in [0.1, 0.15) is 0 Å². The number of anilines is 1. The molecule has 0 radical (unpaired) electrons. The van der Waals surface area contributed by atoms with E-state index in [0.29, 0.717) is 6.07 Å². The normalized spacial score (nSPS) is 11.8. The number of benzene rings is 1. The summed E-state index contributed by atoms with van der Waals surface area (Å²) >= 11 is 0. The molecule has 23 heavy (non-hydrogen) atoms. The summed E-state index contributed by atoms with van der Waals surface area (Å²) in [7, 11) is 2.13. The Kier molecular flexibility index (Phi) is 5.13. The van der Waals surface area contributed by atoms with Gasteiger partial charge in [-0.1, -0.05) is 0 Å². The fourth-order valence-corrected chi connectivity index (χ4v) is 1.53. The number of ether oxygens (including phenoxy) is 2. The van der Waals surface area contributed by atoms with E-state index in [1.807, 2.05) is 0 Å². The quantitative estimate of drug-likeness (QED) is 0.791. The number of halogens is 6. The fourth-order valence-electron chi connectivity index (χ4n) is 1.53. The van der Waals surface area contributed by atoms with Crippen LogP contribution in [0, 0.1) is 0 Å². The van der Waals surface area contributed by atoms with Crippen molar-refractivity contribution in [3.8, 4) is 11.5 Å². The minimum absolute atomic E-state index is 0.0319. The fraction of sp³-hybridized carbons (Fsp3) is 0.333. The molecule has 0 aliphatic rings. The molecular formula is C12H9F6NO4. The molecule has 0 bridgehead atoms. The first-order valence-corrected chi connectivity index (χ1v) is 5.68. The summed E-state index contributed by atoms with van der Waals surface area (Å²) in [5.74, 6) is -6.55. The number of imide groups is 1. The van der Waals surface area contributed by atoms with Crippen molar-refractivity contribution in [1.82, 2.24) is 0 Å². The maximum Gasteiger partial charge on any atom is 0.472 e. The zero-order valence-corrected chi connectivity index (χ0v) is 11.6. The molecule has 2 amide bonds. The van der Waals surface area contributed by atoms with Crippen molar-refractivity contribution in [2.24, 2.45) is 0 Å². The van der Waals surface area contributed by atoms with E-state index in [0.717, 1.165) is 19.2 Å². The molecule has 0 saturated carbocycles. The number of carbonyl (C=O) groups excluding carboxylic acids is 2. The Morgan fingerprint density at radius 2 is 1.39 bits per heavy atom. The van der Waals surface area contributed by atoms with E-state index in [9.17, 15) is 35.9 Å². The summed E-state index contributed by atoms with van der Waals surface area (Å²) in [6, 6.07) is 2.57. The van der Waals surface area contributed by atoms with Crippen LogP contribution in [0.25, 0.3) is 0 Å². The number of amides is 2. The molecule has 0 spiro atoms. The van der Waals surface area contributed by atoms with Crippen molar-refractivity contribution < 1.29 is 45.4 Å². The molecule has 11 heteroatoms. The van der Waals surface area contributed by atoms with Gasteiger partial charge in [-0.3, -0.25) is 9.59 Å². The Morgan fingerprint density at radius 3 is 1.74 bits per heavy atom. The van der Waals surface area contributed by atoms with Gasteiger partial charge in [0.25, 0.3) is 0 Å². The van der Waals surface area contributed by atoms with Crippen LogP contribution in [-0.4, -0.2) is 38.4 Å². The SMILES string of the molecule is COc1ccc(N(C(=O)C(F)(F)F)C(=O)C(F)(F)F)c(OC)c1. The lowest BCUT2D eigenvalue weighted by Crippen LogP contribution is -2.50. The smallest absolute Gasteiger partial charge is 0.472 e. The first kappa shape index (κ1) is 18.6. The van der Waals surface area contributed by atoms with Gasteiger partial charge in [-0.05, 0) is 12.1 Å². The van der Waals surface area contributed by atoms with Gasteiger partial charge in [0, 0.05) is 6.07 Å². The average Bonchev–Trinajstić information content (AvgIpc) is 2.45. The number of hydrogen-bond donors (Lipinski definition) is 0. The largest absolute Gasteiger partial charge is 0.497 e. The van der Waals surface area contributed by atoms with Crippen LogP contribution >= 0.6 is 0 Å². The highest BCUT2D eigenvalue weighted by atomic mass is 19.4. The first-order valence-electron chi connectivity index (χ1n) is 5.68. The van der Waals surface area contributed by atoms with Crippen LogP contribution in [0.15, 0.2) is 18.2 Å². The number of rotatable bonds is 3. The summed E-state index contributed by atoms with van der Waals surface area (Å²) in [6.45, 7) is 0. The highest BCUT2D eigenvalue weighted by Crippen LogP contribution is 2.36. The second-order valence-electron chi connectivity index (χ2n) is 3.98. The van der Waals surface area contributed by atoms with Gasteiger partial charge in [-0.25, -0.2) is 4.90 Å². The van der Waals surface area contributed by atoms with E-state index in [-0.39, 0.29) is 5.75 Å². The van der Waals surface area contributed by atoms with Gasteiger partial charge in [0.15, 0.2) is 0 Å². The van der Waals surface area contributed by atoms with Crippen molar-refractivity contribution in [3.63, 3.8) is 0 Å². The van der Waals surface area contributed by atoms with Crippen molar-refractivity contribution in [2.45, 2.75) is 12.4 Å². The number of carbonyl (C=O) groups is 2. The van der Waals surface area contributed by atoms with E-state index < -0.39 is 40.5 Å². The lowest BCUT2D eigenvalue weighted by Gasteiger charge is -2.24. The number of nitrogens with zero attached hydrogens (tertiary/aromatic N) is 1. The minimum Gasteiger partial charge on any atom is -0.497 e. The van der Waals surface area contributed by atoms with Gasteiger partial charge < -0.3 is 9.47 Å². The Labute approximate surface area is 125 Å². The van der Waals surface area contributed by atoms with E-state index >= 15 is 0 Å². The third-order valence-corrected chi connectivity index (χ3v) is 2.52. The zero-order chi connectivity index (χ0) is 18.0. The van der Waals surface area contributed by atoms with Crippen molar-refractivity contribution in [3.05, 3.63) is 18.2 Å². The molecule has 0 saturated heterocycles. The molecule has 0 N–H and O–H groups in total. The summed E-state index contributed by atoms with van der Waals surface area (Å²) in [5.41, 5.74) is -1.02. The third-order valence-electron chi connectivity index (χ3n) is 2.52. The summed E-state index contributed by atoms with van der Waals surface area (Å²) in [6.07, 6.45) is -11.4. The Balaban J connectivity index is 3.53. The summed E-state index contributed by atoms with van der Waals surface area (Å²) in [4.78, 5) is 21.5. The van der Waals surface area contributed by atoms with Gasteiger partial charge in [0.2, 0.25) is 0 Å². The summed E-state index contributed by atoms with van der Waals surface area (Å²) < 4.78 is 84.6. The van der Waals surface area contributed by atoms with Gasteiger partial charge >= 0.3 is 24.2 Å². The number of hydrogen-bond acceptors (Lipinski definition) is 4. The Bertz CT molecular complexity index is 585. The molecule has 0 atom stereocenters. The minimum atomic E-state index is -5.70. The van der Waals surface area contributed by atoms with E-state index in [2.05, 4.69) is 4.74 Å². The van der Waals surface area contributed by atoms with E-state index in [1.54, 1.807) is 0 Å². The molecule has 0 heterocycles. The molecule has 1 aromatic rings. The lowest BCUT2D eigenvalue weighted by molar-refractivity contribution is -0.181. The number of alkyl halides is 6. The molecule has 0 unspecified atom stereocenters. The average molecular weight is 345 g/mol. The molecular weight excluding hydrogens is 336 g/mol. The van der Waals surface area contributed by atoms with Gasteiger partial charge in [-0.2, -0.15) is 26.3 Å². The molecule has 0 aliphatic carbocycles. The Morgan fingerprint density at radius 1 is 0.913 bits per heavy atom. The van der Waals surface area contributed by atoms with Crippen molar-refractivity contribution >= 4 is 17.5 Å². The monoisotopic (exact) mass is 345 g/mol. The highest BCUT2D eigenvalue weighted by Gasteiger charge is 2.53. The predicted molar refractivity (Wildman–Crippen MR) is 64.1 cm³/mol. The predicted octanol–water partition coefficient (Wildman–Crippen LogP) is 2.69. The topological polar surface area (TPSA) is 55.8 Å². The van der Waals surface area contributed by atoms with Crippen LogP contribution < -0.4 is 14.4 Å². The van der Waals surface area contributed by atoms with E-state index in [1.165, 1.54) is 7.11 Å². The van der Waals surface area contributed by atoms with Gasteiger partial charge in [0.1, 0.15) is 11.5 Å². The van der Waals surface area contributed by atoms with Crippen LogP contribution in [0.2, 0.25) is 0 Å². The molecule has 1 aromatic carbocycles. The molecule has 128 valence electrons. The first-order chi connectivity index (χ1) is 10.4. The lowest BCUT2D eigenvalue weighted by atomic mass is 10.2. The molecule has 0 aromatic heterocycles. The summed E-state index contributed by atoms with van der Waals surface area (Å²) in [5, 5.41) is 0. The molecule has 0 fully saturated rings. The Hall–Kier alpha value is -2.46. The standard InChI is InChI=1S/C12H9F6NO4/c1-22-6-3-4-7(8(5-6)23-2)19(9(20)11(13,14)15)10(21)12(16,17)18/h3-5H,1-2H3. The van der Waals surface area contributed by atoms with Crippen LogP contribution in [0.5, 0.6) is 11.5 Å². The molecule has 1 rings (SSSR count). The molecule has 0 aliphatic heterocycles. The molecule has 5 nitrogen and oxygen atoms in total. The van der Waals surface area contributed by atoms with Gasteiger partial charge in [0.05, 0.1) is 19.9 Å². The van der Waals surface area contributed by atoms with Crippen LogP contribution in [0.3, 0.4) is 0 Å². The second-order valence-corrected chi connectivity index (χ2v) is 3.98. The van der Waals surface area contributed by atoms with E-state index in [4.69, 9.17) is 4.74 Å². The van der Waals surface area contributed by atoms with Crippen LogP contribution in [0.4, 0.5) is 32.0 Å². The van der Waals surface area contributed by atoms with Gasteiger partial charge in [-0.15, -0.1) is 0 Å². The highest BCUT2D eigenvalue weighted by molar-refractivity contribution is 6.19. The van der Waals surface area contributed by atoms with Crippen molar-refractivity contribution in [2.75, 3.05) is 19.1 Å². The van der Waals surface area contributed by atoms with Crippen LogP contribution in [-0.2, 0) is 9.59 Å². The second kappa shape index (κ2) is 6.34. The zero-order valence-electron chi connectivity index (χ0n) is 11.6.